The Kier molecular flexibility index (Phi) is 5.79. The Morgan fingerprint density at radius 3 is 1.05 bits per heavy atom. The van der Waals surface area contributed by atoms with Gasteiger partial charge in [0.05, 0.1) is 36.3 Å². The van der Waals surface area contributed by atoms with Crippen LogP contribution in [-0.4, -0.2) is 23.4 Å². The molecule has 0 unspecified atom stereocenters. The van der Waals surface area contributed by atoms with Crippen molar-refractivity contribution in [2.75, 3.05) is 14.2 Å². The zero-order chi connectivity index (χ0) is 42.8. The first-order valence-electron chi connectivity index (χ1n) is 22.5. The van der Waals surface area contributed by atoms with E-state index in [1.807, 2.05) is 0 Å². The van der Waals surface area contributed by atoms with E-state index in [-0.39, 0.29) is 0 Å². The van der Waals surface area contributed by atoms with E-state index in [4.69, 9.17) is 18.3 Å². The van der Waals surface area contributed by atoms with Crippen LogP contribution in [0.25, 0.3) is 163 Å². The average molecular weight is 845 g/mol. The van der Waals surface area contributed by atoms with Crippen molar-refractivity contribution >= 4 is 152 Å². The molecule has 0 bridgehead atoms. The van der Waals surface area contributed by atoms with Gasteiger partial charge in [0.25, 0.3) is 0 Å². The number of fused-ring (bicyclic) bond motifs is 2. The SMILES string of the molecule is COc1ccc2ccc3oc4ccc5c6c4c3c2c1c1cccc2ccc(c6c21)n5-c1ccc(-n2c3ccc4cccc5c6c(OC)ccc7ccc8oc9ccc2c(c9c8c76)c3c45)cc1. The summed E-state index contributed by atoms with van der Waals surface area (Å²) in [6.45, 7) is 0. The fourth-order valence-corrected chi connectivity index (χ4v) is 12.8. The molecule has 306 valence electrons. The molecule has 0 aliphatic carbocycles. The third kappa shape index (κ3) is 3.72. The Bertz CT molecular complexity index is 4630. The number of aromatic nitrogens is 2. The van der Waals surface area contributed by atoms with E-state index in [1.165, 1.54) is 64.6 Å². The van der Waals surface area contributed by atoms with Gasteiger partial charge in [0.2, 0.25) is 0 Å². The van der Waals surface area contributed by atoms with Gasteiger partial charge in [0.1, 0.15) is 33.8 Å². The maximum atomic E-state index is 6.74. The molecule has 0 N–H and O–H groups in total. The molecular weight excluding hydrogens is 813 g/mol. The number of methoxy groups -OCH3 is 2. The van der Waals surface area contributed by atoms with Gasteiger partial charge >= 0.3 is 0 Å². The molecular formula is C60H32N2O4. The number of rotatable bonds is 4. The van der Waals surface area contributed by atoms with Crippen LogP contribution in [0.3, 0.4) is 0 Å². The quantitative estimate of drug-likeness (QED) is 0.177. The predicted molar refractivity (Wildman–Crippen MR) is 273 cm³/mol. The first-order valence-corrected chi connectivity index (χ1v) is 22.5. The Morgan fingerprint density at radius 1 is 0.288 bits per heavy atom. The van der Waals surface area contributed by atoms with Crippen molar-refractivity contribution in [2.45, 2.75) is 0 Å². The van der Waals surface area contributed by atoms with Crippen LogP contribution in [-0.2, 0) is 0 Å². The van der Waals surface area contributed by atoms with E-state index >= 15 is 0 Å². The number of hydrogen-bond acceptors (Lipinski definition) is 4. The Balaban J connectivity index is 0.987. The first-order chi connectivity index (χ1) is 32.7. The Labute approximate surface area is 372 Å². The van der Waals surface area contributed by atoms with E-state index in [9.17, 15) is 0 Å². The van der Waals surface area contributed by atoms with Gasteiger partial charge in [-0.25, -0.2) is 0 Å². The van der Waals surface area contributed by atoms with Crippen LogP contribution in [0, 0.1) is 0 Å². The van der Waals surface area contributed by atoms with E-state index in [1.54, 1.807) is 14.2 Å². The molecule has 17 aromatic rings. The lowest BCUT2D eigenvalue weighted by molar-refractivity contribution is 0.420. The maximum absolute atomic E-state index is 6.74. The molecule has 0 fully saturated rings. The van der Waals surface area contributed by atoms with E-state index in [0.717, 1.165) is 110 Å². The summed E-state index contributed by atoms with van der Waals surface area (Å²) in [4.78, 5) is 0. The van der Waals surface area contributed by atoms with Gasteiger partial charge in [0, 0.05) is 76.0 Å². The van der Waals surface area contributed by atoms with Crippen molar-refractivity contribution in [3.05, 3.63) is 158 Å². The summed E-state index contributed by atoms with van der Waals surface area (Å²) in [5.74, 6) is 1.71. The van der Waals surface area contributed by atoms with Gasteiger partial charge in [-0.05, 0) is 128 Å². The molecule has 0 aliphatic rings. The number of furan rings is 2. The van der Waals surface area contributed by atoms with Crippen molar-refractivity contribution in [1.29, 1.82) is 0 Å². The van der Waals surface area contributed by atoms with Crippen LogP contribution in [0.2, 0.25) is 0 Å². The lowest BCUT2D eigenvalue weighted by atomic mass is 9.90. The monoisotopic (exact) mass is 844 g/mol. The number of benzene rings is 11. The molecule has 0 amide bonds. The number of hydrogen-bond donors (Lipinski definition) is 0. The fraction of sp³-hybridized carbons (Fsp3) is 0.0333. The Morgan fingerprint density at radius 2 is 0.621 bits per heavy atom. The van der Waals surface area contributed by atoms with Crippen LogP contribution in [0.1, 0.15) is 0 Å². The molecule has 13 aromatic carbocycles. The average Bonchev–Trinajstić information content (AvgIpc) is 4.11. The van der Waals surface area contributed by atoms with E-state index in [2.05, 4.69) is 167 Å². The lowest BCUT2D eigenvalue weighted by Crippen LogP contribution is -1.97. The second kappa shape index (κ2) is 11.3. The standard InChI is InChI=1S/C60H32N2O4/c1-63-41-23-11-31-13-25-43-57-49(31)51(41)35-7-3-5-29-9-19-37-53(47(29)35)55-39(21-27-45(65-43)59(55)57)61(37)33-15-17-34(18-16-33)62-38-20-10-30-6-4-8-36-48(30)54(38)56-40(62)22-28-46-60(56)58-44(66-46)26-14-32-12-24-42(64-2)52(36)50(32)58/h3-28H,1-2H3. The zero-order valence-electron chi connectivity index (χ0n) is 35.5. The molecule has 17 rings (SSSR count). The van der Waals surface area contributed by atoms with Crippen LogP contribution >= 0.6 is 0 Å². The first kappa shape index (κ1) is 33.8. The maximum Gasteiger partial charge on any atom is 0.136 e. The summed E-state index contributed by atoms with van der Waals surface area (Å²) >= 11 is 0. The predicted octanol–water partition coefficient (Wildman–Crippen LogP) is 16.4. The normalized spacial score (nSPS) is 13.0. The highest BCUT2D eigenvalue weighted by atomic mass is 16.5. The largest absolute Gasteiger partial charge is 0.496 e. The summed E-state index contributed by atoms with van der Waals surface area (Å²) in [5, 5.41) is 23.5. The molecule has 4 aromatic heterocycles. The minimum Gasteiger partial charge on any atom is -0.496 e. The van der Waals surface area contributed by atoms with Gasteiger partial charge in [-0.1, -0.05) is 72.8 Å². The van der Waals surface area contributed by atoms with Crippen LogP contribution in [0.15, 0.2) is 167 Å². The second-order valence-corrected chi connectivity index (χ2v) is 18.1. The minimum atomic E-state index is 0.856. The molecule has 0 atom stereocenters. The Hall–Kier alpha value is -8.74. The number of nitrogens with zero attached hydrogens (tertiary/aromatic N) is 2. The summed E-state index contributed by atoms with van der Waals surface area (Å²) in [6.07, 6.45) is 0. The van der Waals surface area contributed by atoms with E-state index < -0.39 is 0 Å². The molecule has 66 heavy (non-hydrogen) atoms. The molecule has 4 heterocycles. The molecule has 0 radical (unpaired) electrons. The molecule has 6 nitrogen and oxygen atoms in total. The number of ether oxygens (including phenoxy) is 2. The van der Waals surface area contributed by atoms with E-state index in [0.29, 0.717) is 0 Å². The molecule has 0 saturated carbocycles. The fourth-order valence-electron chi connectivity index (χ4n) is 12.8. The smallest absolute Gasteiger partial charge is 0.136 e. The van der Waals surface area contributed by atoms with Crippen LogP contribution in [0.5, 0.6) is 11.5 Å². The summed E-state index contributed by atoms with van der Waals surface area (Å²) in [6, 6.07) is 57.6. The molecule has 0 aliphatic heterocycles. The van der Waals surface area contributed by atoms with Crippen LogP contribution < -0.4 is 9.47 Å². The molecule has 0 spiro atoms. The van der Waals surface area contributed by atoms with Gasteiger partial charge in [0.15, 0.2) is 0 Å². The summed E-state index contributed by atoms with van der Waals surface area (Å²) in [7, 11) is 3.55. The topological polar surface area (TPSA) is 54.6 Å². The highest BCUT2D eigenvalue weighted by molar-refractivity contribution is 6.44. The van der Waals surface area contributed by atoms with Crippen molar-refractivity contribution < 1.29 is 18.3 Å². The lowest BCUT2D eigenvalue weighted by Gasteiger charge is -2.14. The van der Waals surface area contributed by atoms with Crippen molar-refractivity contribution in [3.8, 4) is 22.9 Å². The summed E-state index contributed by atoms with van der Waals surface area (Å²) < 4.78 is 30.7. The minimum absolute atomic E-state index is 0.856. The zero-order valence-corrected chi connectivity index (χ0v) is 35.5. The van der Waals surface area contributed by atoms with Crippen molar-refractivity contribution in [1.82, 2.24) is 9.13 Å². The highest BCUT2D eigenvalue weighted by Gasteiger charge is 2.28. The van der Waals surface area contributed by atoms with Gasteiger partial charge in [-0.3, -0.25) is 0 Å². The highest BCUT2D eigenvalue weighted by Crippen LogP contribution is 2.53. The van der Waals surface area contributed by atoms with Gasteiger partial charge in [-0.15, -0.1) is 0 Å². The van der Waals surface area contributed by atoms with Gasteiger partial charge < -0.3 is 27.4 Å². The molecule has 0 saturated heterocycles. The van der Waals surface area contributed by atoms with Crippen molar-refractivity contribution in [2.24, 2.45) is 0 Å². The third-order valence-electron chi connectivity index (χ3n) is 15.3. The van der Waals surface area contributed by atoms with Crippen LogP contribution in [0.4, 0.5) is 0 Å². The third-order valence-corrected chi connectivity index (χ3v) is 15.3. The second-order valence-electron chi connectivity index (χ2n) is 18.1. The van der Waals surface area contributed by atoms with Gasteiger partial charge in [-0.2, -0.15) is 0 Å². The molecule has 6 heteroatoms. The van der Waals surface area contributed by atoms with Crippen molar-refractivity contribution in [3.63, 3.8) is 0 Å². The summed E-state index contributed by atoms with van der Waals surface area (Å²) in [5.41, 5.74) is 10.3.